The van der Waals surface area contributed by atoms with Crippen molar-refractivity contribution in [1.82, 2.24) is 9.80 Å². The third-order valence-electron chi connectivity index (χ3n) is 2.89. The fourth-order valence-corrected chi connectivity index (χ4v) is 2.00. The molecule has 0 N–H and O–H groups in total. The van der Waals surface area contributed by atoms with Crippen LogP contribution < -0.4 is 0 Å². The molecule has 1 atom stereocenters. The van der Waals surface area contributed by atoms with Gasteiger partial charge in [0.1, 0.15) is 0 Å². The summed E-state index contributed by atoms with van der Waals surface area (Å²) in [7, 11) is 4.83. The van der Waals surface area contributed by atoms with E-state index in [1.807, 2.05) is 0 Å². The van der Waals surface area contributed by atoms with E-state index in [-0.39, 0.29) is 18.0 Å². The number of carbonyl (C=O) groups is 2. The van der Waals surface area contributed by atoms with Gasteiger partial charge < -0.3 is 14.5 Å². The van der Waals surface area contributed by atoms with Crippen LogP contribution in [0.5, 0.6) is 0 Å². The number of nitrogens with zero attached hydrogens (tertiary/aromatic N) is 2. The third kappa shape index (κ3) is 3.12. The average Bonchev–Trinajstić information content (AvgIpc) is 2.28. The Morgan fingerprint density at radius 3 is 2.62 bits per heavy atom. The van der Waals surface area contributed by atoms with E-state index in [1.165, 1.54) is 7.11 Å². The van der Waals surface area contributed by atoms with Crippen LogP contribution in [0.15, 0.2) is 0 Å². The molecule has 2 amide bonds. The highest BCUT2D eigenvalue weighted by Crippen LogP contribution is 2.20. The molecule has 0 bridgehead atoms. The summed E-state index contributed by atoms with van der Waals surface area (Å²) in [5.41, 5.74) is 0. The molecule has 0 radical (unpaired) electrons. The van der Waals surface area contributed by atoms with Crippen LogP contribution in [0.25, 0.3) is 0 Å². The first-order valence-electron chi connectivity index (χ1n) is 5.61. The Bertz CT molecular complexity index is 266. The largest absolute Gasteiger partial charge is 0.469 e. The molecular weight excluding hydrogens is 208 g/mol. The van der Waals surface area contributed by atoms with Crippen LogP contribution in [-0.2, 0) is 9.53 Å². The van der Waals surface area contributed by atoms with Gasteiger partial charge in [0.05, 0.1) is 13.5 Å². The molecule has 1 saturated heterocycles. The van der Waals surface area contributed by atoms with Gasteiger partial charge in [0.25, 0.3) is 0 Å². The molecule has 16 heavy (non-hydrogen) atoms. The Balaban J connectivity index is 2.63. The van der Waals surface area contributed by atoms with Gasteiger partial charge in [-0.25, -0.2) is 4.79 Å². The second-order valence-electron chi connectivity index (χ2n) is 4.30. The SMILES string of the molecule is COC(=O)CC1CCCCN1C(=O)N(C)C. The standard InChI is InChI=1S/C11H20N2O3/c1-12(2)11(15)13-7-5-4-6-9(13)8-10(14)16-3/h9H,4-8H2,1-3H3. The van der Waals surface area contributed by atoms with E-state index < -0.39 is 0 Å². The summed E-state index contributed by atoms with van der Waals surface area (Å²) < 4.78 is 4.65. The maximum Gasteiger partial charge on any atom is 0.319 e. The molecule has 1 aliphatic heterocycles. The quantitative estimate of drug-likeness (QED) is 0.665. The smallest absolute Gasteiger partial charge is 0.319 e. The summed E-state index contributed by atoms with van der Waals surface area (Å²) in [6, 6.07) is -0.0234. The molecule has 0 aliphatic carbocycles. The molecule has 0 aromatic rings. The van der Waals surface area contributed by atoms with Crippen LogP contribution in [0.4, 0.5) is 4.79 Å². The predicted molar refractivity (Wildman–Crippen MR) is 60.1 cm³/mol. The van der Waals surface area contributed by atoms with Crippen LogP contribution in [-0.4, -0.2) is 55.6 Å². The van der Waals surface area contributed by atoms with Crippen molar-refractivity contribution in [3.63, 3.8) is 0 Å². The number of urea groups is 1. The highest BCUT2D eigenvalue weighted by Gasteiger charge is 2.29. The van der Waals surface area contributed by atoms with Crippen LogP contribution in [0.2, 0.25) is 0 Å². The van der Waals surface area contributed by atoms with E-state index >= 15 is 0 Å². The zero-order chi connectivity index (χ0) is 12.1. The van der Waals surface area contributed by atoms with Crippen molar-refractivity contribution < 1.29 is 14.3 Å². The number of amides is 2. The van der Waals surface area contributed by atoms with E-state index in [0.29, 0.717) is 6.42 Å². The fraction of sp³-hybridized carbons (Fsp3) is 0.818. The van der Waals surface area contributed by atoms with Crippen LogP contribution in [0.3, 0.4) is 0 Å². The van der Waals surface area contributed by atoms with E-state index in [9.17, 15) is 9.59 Å². The molecule has 1 heterocycles. The molecule has 92 valence electrons. The Labute approximate surface area is 96.3 Å². The maximum absolute atomic E-state index is 11.9. The van der Waals surface area contributed by atoms with Gasteiger partial charge in [0.2, 0.25) is 0 Å². The van der Waals surface area contributed by atoms with Gasteiger partial charge in [0, 0.05) is 26.7 Å². The number of likely N-dealkylation sites (tertiary alicyclic amines) is 1. The van der Waals surface area contributed by atoms with Crippen molar-refractivity contribution >= 4 is 12.0 Å². The first kappa shape index (κ1) is 12.8. The van der Waals surface area contributed by atoms with Crippen LogP contribution in [0, 0.1) is 0 Å². The van der Waals surface area contributed by atoms with Crippen LogP contribution >= 0.6 is 0 Å². The van der Waals surface area contributed by atoms with Crippen molar-refractivity contribution in [3.05, 3.63) is 0 Å². The minimum Gasteiger partial charge on any atom is -0.469 e. The molecule has 1 rings (SSSR count). The summed E-state index contributed by atoms with van der Waals surface area (Å²) in [6.45, 7) is 0.735. The summed E-state index contributed by atoms with van der Waals surface area (Å²) >= 11 is 0. The minimum atomic E-state index is -0.247. The van der Waals surface area contributed by atoms with Crippen molar-refractivity contribution in [3.8, 4) is 0 Å². The zero-order valence-electron chi connectivity index (χ0n) is 10.2. The molecule has 1 aliphatic rings. The molecular formula is C11H20N2O3. The second kappa shape index (κ2) is 5.72. The van der Waals surface area contributed by atoms with Gasteiger partial charge in [-0.1, -0.05) is 0 Å². The van der Waals surface area contributed by atoms with Crippen molar-refractivity contribution in [2.24, 2.45) is 0 Å². The monoisotopic (exact) mass is 228 g/mol. The molecule has 0 aromatic carbocycles. The summed E-state index contributed by atoms with van der Waals surface area (Å²) in [5.74, 6) is -0.247. The molecule has 0 spiro atoms. The minimum absolute atomic E-state index is 0.00361. The van der Waals surface area contributed by atoms with E-state index in [0.717, 1.165) is 25.8 Å². The molecule has 0 aromatic heterocycles. The number of ether oxygens (including phenoxy) is 1. The van der Waals surface area contributed by atoms with Crippen molar-refractivity contribution in [2.45, 2.75) is 31.7 Å². The number of carbonyl (C=O) groups excluding carboxylic acids is 2. The molecule has 5 heteroatoms. The van der Waals surface area contributed by atoms with Gasteiger partial charge in [-0.3, -0.25) is 4.79 Å². The van der Waals surface area contributed by atoms with Crippen molar-refractivity contribution in [2.75, 3.05) is 27.7 Å². The lowest BCUT2D eigenvalue weighted by Crippen LogP contribution is -2.48. The van der Waals surface area contributed by atoms with Gasteiger partial charge in [0.15, 0.2) is 0 Å². The normalized spacial score (nSPS) is 20.4. The summed E-state index contributed by atoms with van der Waals surface area (Å²) in [6.07, 6.45) is 3.26. The van der Waals surface area contributed by atoms with Crippen molar-refractivity contribution in [1.29, 1.82) is 0 Å². The third-order valence-corrected chi connectivity index (χ3v) is 2.89. The fourth-order valence-electron chi connectivity index (χ4n) is 2.00. The van der Waals surface area contributed by atoms with Gasteiger partial charge in [-0.05, 0) is 19.3 Å². The molecule has 5 nitrogen and oxygen atoms in total. The number of piperidine rings is 1. The number of rotatable bonds is 2. The van der Waals surface area contributed by atoms with Gasteiger partial charge in [-0.15, -0.1) is 0 Å². The summed E-state index contributed by atoms with van der Waals surface area (Å²) in [4.78, 5) is 26.5. The lowest BCUT2D eigenvalue weighted by molar-refractivity contribution is -0.142. The number of hydrogen-bond acceptors (Lipinski definition) is 3. The highest BCUT2D eigenvalue weighted by molar-refractivity contribution is 5.76. The van der Waals surface area contributed by atoms with E-state index in [2.05, 4.69) is 4.74 Å². The lowest BCUT2D eigenvalue weighted by Gasteiger charge is -2.36. The average molecular weight is 228 g/mol. The highest BCUT2D eigenvalue weighted by atomic mass is 16.5. The first-order chi connectivity index (χ1) is 7.56. The van der Waals surface area contributed by atoms with Crippen LogP contribution in [0.1, 0.15) is 25.7 Å². The number of esters is 1. The Morgan fingerprint density at radius 1 is 1.38 bits per heavy atom. The van der Waals surface area contributed by atoms with Gasteiger partial charge >= 0.3 is 12.0 Å². The Kier molecular flexibility index (Phi) is 4.58. The summed E-state index contributed by atoms with van der Waals surface area (Å²) in [5, 5.41) is 0. The zero-order valence-corrected chi connectivity index (χ0v) is 10.2. The predicted octanol–water partition coefficient (Wildman–Crippen LogP) is 1.09. The van der Waals surface area contributed by atoms with E-state index in [1.54, 1.807) is 23.9 Å². The Hall–Kier alpha value is -1.26. The second-order valence-corrected chi connectivity index (χ2v) is 4.30. The maximum atomic E-state index is 11.9. The molecule has 1 fully saturated rings. The molecule has 0 saturated carbocycles. The number of hydrogen-bond donors (Lipinski definition) is 0. The lowest BCUT2D eigenvalue weighted by atomic mass is 10.00. The Morgan fingerprint density at radius 2 is 2.06 bits per heavy atom. The first-order valence-corrected chi connectivity index (χ1v) is 5.61. The molecule has 1 unspecified atom stereocenters. The number of methoxy groups -OCH3 is 1. The van der Waals surface area contributed by atoms with E-state index in [4.69, 9.17) is 0 Å². The van der Waals surface area contributed by atoms with Gasteiger partial charge in [-0.2, -0.15) is 0 Å². The topological polar surface area (TPSA) is 49.9 Å².